The monoisotopic (exact) mass is 264 g/mol. The van der Waals surface area contributed by atoms with Crippen molar-refractivity contribution < 1.29 is 9.13 Å². The van der Waals surface area contributed by atoms with E-state index in [2.05, 4.69) is 9.97 Å². The highest BCUT2D eigenvalue weighted by molar-refractivity contribution is 5.31. The molecule has 0 aliphatic carbocycles. The molecule has 0 bridgehead atoms. The van der Waals surface area contributed by atoms with Crippen LogP contribution in [0.5, 0.6) is 5.75 Å². The van der Waals surface area contributed by atoms with Crippen LogP contribution in [0.3, 0.4) is 0 Å². The first kappa shape index (κ1) is 15.2. The van der Waals surface area contributed by atoms with Crippen molar-refractivity contribution in [2.45, 2.75) is 40.2 Å². The van der Waals surface area contributed by atoms with Gasteiger partial charge in [0.1, 0.15) is 18.2 Å². The third kappa shape index (κ3) is 4.39. The predicted octanol–water partition coefficient (Wildman–Crippen LogP) is 4.28. The predicted molar refractivity (Wildman–Crippen MR) is 74.8 cm³/mol. The highest BCUT2D eigenvalue weighted by atomic mass is 19.1. The molecule has 1 aromatic carbocycles. The summed E-state index contributed by atoms with van der Waals surface area (Å²) in [6, 6.07) is 4.82. The first-order valence-corrected chi connectivity index (χ1v) is 6.56. The highest BCUT2D eigenvalue weighted by Crippen LogP contribution is 2.24. The molecule has 0 unspecified atom stereocenters. The zero-order valence-electron chi connectivity index (χ0n) is 11.9. The molecule has 1 N–H and O–H groups in total. The lowest BCUT2D eigenvalue weighted by molar-refractivity contribution is 0.301. The Balaban J connectivity index is 0.000000861. The van der Waals surface area contributed by atoms with Crippen LogP contribution in [0.4, 0.5) is 4.39 Å². The maximum Gasteiger partial charge on any atom is 0.130 e. The Labute approximate surface area is 113 Å². The van der Waals surface area contributed by atoms with Crippen molar-refractivity contribution in [2.75, 3.05) is 0 Å². The molecule has 2 aromatic rings. The molecule has 3 nitrogen and oxygen atoms in total. The minimum Gasteiger partial charge on any atom is -0.487 e. The standard InChI is InChI=1S/C13H15FN2O.C2H6/c1-9(2)12-5-11(3-4-13(12)14)17-7-10-6-15-8-16-10;1-2/h3-6,8-9H,7H2,1-2H3,(H,15,16);1-2H3. The summed E-state index contributed by atoms with van der Waals surface area (Å²) in [6.07, 6.45) is 3.30. The van der Waals surface area contributed by atoms with E-state index in [0.29, 0.717) is 17.9 Å². The number of halogens is 1. The normalized spacial score (nSPS) is 10.0. The topological polar surface area (TPSA) is 37.9 Å². The number of hydrogen-bond donors (Lipinski definition) is 1. The van der Waals surface area contributed by atoms with Crippen molar-refractivity contribution in [1.82, 2.24) is 9.97 Å². The molecule has 0 aliphatic heterocycles. The molecule has 0 saturated heterocycles. The van der Waals surface area contributed by atoms with Gasteiger partial charge in [-0.3, -0.25) is 0 Å². The van der Waals surface area contributed by atoms with Crippen LogP contribution in [0.15, 0.2) is 30.7 Å². The number of nitrogens with zero attached hydrogens (tertiary/aromatic N) is 1. The fourth-order valence-electron chi connectivity index (χ4n) is 1.58. The van der Waals surface area contributed by atoms with Crippen molar-refractivity contribution in [1.29, 1.82) is 0 Å². The third-order valence-electron chi connectivity index (χ3n) is 2.54. The van der Waals surface area contributed by atoms with Gasteiger partial charge in [-0.1, -0.05) is 27.7 Å². The van der Waals surface area contributed by atoms with E-state index in [0.717, 1.165) is 5.69 Å². The van der Waals surface area contributed by atoms with Gasteiger partial charge in [-0.2, -0.15) is 0 Å². The second kappa shape index (κ2) is 7.56. The fraction of sp³-hybridized carbons (Fsp3) is 0.400. The molecule has 0 radical (unpaired) electrons. The Morgan fingerprint density at radius 1 is 1.32 bits per heavy atom. The molecule has 0 aliphatic rings. The first-order chi connectivity index (χ1) is 9.16. The Morgan fingerprint density at radius 2 is 2.05 bits per heavy atom. The van der Waals surface area contributed by atoms with Gasteiger partial charge in [0, 0.05) is 0 Å². The van der Waals surface area contributed by atoms with E-state index in [4.69, 9.17) is 4.74 Å². The van der Waals surface area contributed by atoms with Gasteiger partial charge in [-0.25, -0.2) is 9.37 Å². The van der Waals surface area contributed by atoms with Crippen LogP contribution in [0.25, 0.3) is 0 Å². The molecule has 0 amide bonds. The average molecular weight is 264 g/mol. The quantitative estimate of drug-likeness (QED) is 0.895. The van der Waals surface area contributed by atoms with Crippen LogP contribution in [-0.2, 0) is 6.61 Å². The lowest BCUT2D eigenvalue weighted by Crippen LogP contribution is -1.98. The third-order valence-corrected chi connectivity index (χ3v) is 2.54. The number of imidazole rings is 1. The molecular weight excluding hydrogens is 243 g/mol. The van der Waals surface area contributed by atoms with Gasteiger partial charge >= 0.3 is 0 Å². The van der Waals surface area contributed by atoms with Gasteiger partial charge in [-0.15, -0.1) is 0 Å². The summed E-state index contributed by atoms with van der Waals surface area (Å²) < 4.78 is 19.0. The number of aromatic amines is 1. The van der Waals surface area contributed by atoms with Crippen LogP contribution in [0.2, 0.25) is 0 Å². The minimum atomic E-state index is -0.186. The van der Waals surface area contributed by atoms with Crippen molar-refractivity contribution in [2.24, 2.45) is 0 Å². The molecule has 0 atom stereocenters. The summed E-state index contributed by atoms with van der Waals surface area (Å²) in [4.78, 5) is 6.84. The number of hydrogen-bond acceptors (Lipinski definition) is 2. The lowest BCUT2D eigenvalue weighted by atomic mass is 10.0. The fourth-order valence-corrected chi connectivity index (χ4v) is 1.58. The molecule has 1 aromatic heterocycles. The molecule has 0 saturated carbocycles. The van der Waals surface area contributed by atoms with E-state index in [1.807, 2.05) is 27.7 Å². The van der Waals surface area contributed by atoms with E-state index in [-0.39, 0.29) is 11.7 Å². The minimum absolute atomic E-state index is 0.144. The summed E-state index contributed by atoms with van der Waals surface area (Å²) in [6.45, 7) is 8.32. The second-order valence-corrected chi connectivity index (χ2v) is 4.20. The second-order valence-electron chi connectivity index (χ2n) is 4.20. The van der Waals surface area contributed by atoms with Gasteiger partial charge in [0.2, 0.25) is 0 Å². The smallest absolute Gasteiger partial charge is 0.130 e. The van der Waals surface area contributed by atoms with E-state index in [1.54, 1.807) is 24.7 Å². The Kier molecular flexibility index (Phi) is 6.06. The van der Waals surface area contributed by atoms with Gasteiger partial charge in [-0.05, 0) is 29.7 Å². The number of benzene rings is 1. The SMILES string of the molecule is CC.CC(C)c1cc(OCc2cnc[nH]2)ccc1F. The Bertz CT molecular complexity index is 481. The summed E-state index contributed by atoms with van der Waals surface area (Å²) >= 11 is 0. The average Bonchev–Trinajstić information content (AvgIpc) is 2.93. The molecular formula is C15H21FN2O. The zero-order valence-corrected chi connectivity index (χ0v) is 11.9. The van der Waals surface area contributed by atoms with Crippen molar-refractivity contribution >= 4 is 0 Å². The van der Waals surface area contributed by atoms with Crippen molar-refractivity contribution in [3.8, 4) is 5.75 Å². The molecule has 1 heterocycles. The molecule has 0 spiro atoms. The summed E-state index contributed by atoms with van der Waals surface area (Å²) in [5.74, 6) is 0.629. The van der Waals surface area contributed by atoms with Crippen molar-refractivity contribution in [3.63, 3.8) is 0 Å². The van der Waals surface area contributed by atoms with Crippen LogP contribution in [-0.4, -0.2) is 9.97 Å². The zero-order chi connectivity index (χ0) is 14.3. The number of ether oxygens (including phenoxy) is 1. The molecule has 4 heteroatoms. The molecule has 19 heavy (non-hydrogen) atoms. The Hall–Kier alpha value is -1.84. The molecule has 104 valence electrons. The lowest BCUT2D eigenvalue weighted by Gasteiger charge is -2.10. The van der Waals surface area contributed by atoms with Crippen LogP contribution >= 0.6 is 0 Å². The summed E-state index contributed by atoms with van der Waals surface area (Å²) in [5, 5.41) is 0. The highest BCUT2D eigenvalue weighted by Gasteiger charge is 2.08. The Morgan fingerprint density at radius 3 is 2.63 bits per heavy atom. The number of nitrogens with one attached hydrogen (secondary N) is 1. The van der Waals surface area contributed by atoms with Crippen molar-refractivity contribution in [3.05, 3.63) is 47.8 Å². The summed E-state index contributed by atoms with van der Waals surface area (Å²) in [5.41, 5.74) is 1.56. The van der Waals surface area contributed by atoms with Gasteiger partial charge in [0.15, 0.2) is 0 Å². The van der Waals surface area contributed by atoms with E-state index in [1.165, 1.54) is 6.07 Å². The van der Waals surface area contributed by atoms with E-state index in [9.17, 15) is 4.39 Å². The first-order valence-electron chi connectivity index (χ1n) is 6.56. The van der Waals surface area contributed by atoms with Crippen LogP contribution in [0, 0.1) is 5.82 Å². The maximum absolute atomic E-state index is 13.5. The number of aromatic nitrogens is 2. The van der Waals surface area contributed by atoms with Gasteiger partial charge < -0.3 is 9.72 Å². The number of H-pyrrole nitrogens is 1. The largest absolute Gasteiger partial charge is 0.487 e. The van der Waals surface area contributed by atoms with Crippen LogP contribution < -0.4 is 4.74 Å². The van der Waals surface area contributed by atoms with Crippen LogP contribution in [0.1, 0.15) is 44.9 Å². The maximum atomic E-state index is 13.5. The van der Waals surface area contributed by atoms with E-state index >= 15 is 0 Å². The number of rotatable bonds is 4. The molecule has 2 rings (SSSR count). The van der Waals surface area contributed by atoms with Gasteiger partial charge in [0.05, 0.1) is 18.2 Å². The van der Waals surface area contributed by atoms with Gasteiger partial charge in [0.25, 0.3) is 0 Å². The molecule has 0 fully saturated rings. The van der Waals surface area contributed by atoms with E-state index < -0.39 is 0 Å². The summed E-state index contributed by atoms with van der Waals surface area (Å²) in [7, 11) is 0.